The Kier molecular flexibility index (Phi) is 2.30. The summed E-state index contributed by atoms with van der Waals surface area (Å²) in [5, 5.41) is 0.279. The monoisotopic (exact) mass is 172 g/mol. The lowest BCUT2D eigenvalue weighted by atomic mass is 10.4. The van der Waals surface area contributed by atoms with Crippen LogP contribution >= 0.6 is 20.3 Å². The van der Waals surface area contributed by atoms with Crippen LogP contribution in [-0.2, 0) is 9.13 Å². The van der Waals surface area contributed by atoms with Crippen LogP contribution < -0.4 is 5.30 Å². The Morgan fingerprint density at radius 1 is 1.20 bits per heavy atom. The van der Waals surface area contributed by atoms with Gasteiger partial charge < -0.3 is 0 Å². The van der Waals surface area contributed by atoms with Crippen LogP contribution in [0.15, 0.2) is 29.2 Å². The van der Waals surface area contributed by atoms with E-state index in [-0.39, 0.29) is 5.30 Å². The Hall–Kier alpha value is -0.530. The van der Waals surface area contributed by atoms with Gasteiger partial charge in [-0.2, -0.15) is 0 Å². The van der Waals surface area contributed by atoms with Crippen molar-refractivity contribution >= 4 is 25.6 Å². The minimum atomic E-state index is -2.49. The van der Waals surface area contributed by atoms with Gasteiger partial charge in [0.25, 0.3) is 0 Å². The quantitative estimate of drug-likeness (QED) is 0.517. The van der Waals surface area contributed by atoms with Crippen molar-refractivity contribution in [3.63, 3.8) is 0 Å². The molecule has 0 saturated heterocycles. The molecule has 0 N–H and O–H groups in total. The first kappa shape index (κ1) is 7.58. The summed E-state index contributed by atoms with van der Waals surface area (Å²) in [4.78, 5) is 0.499. The maximum Gasteiger partial charge on any atom is 0.349 e. The lowest BCUT2D eigenvalue weighted by Gasteiger charge is -1.90. The number of thiol groups is 1. The summed E-state index contributed by atoms with van der Waals surface area (Å²) in [7, 11) is -2.49. The molecule has 0 atom stereocenters. The molecule has 0 heterocycles. The number of benzene rings is 1. The van der Waals surface area contributed by atoms with Crippen LogP contribution in [-0.4, -0.2) is 0 Å². The molecule has 0 aliphatic heterocycles. The molecule has 0 aromatic heterocycles. The van der Waals surface area contributed by atoms with Gasteiger partial charge in [-0.3, -0.25) is 0 Å². The Labute approximate surface area is 64.5 Å². The summed E-state index contributed by atoms with van der Waals surface area (Å²) in [5.41, 5.74) is 0. The van der Waals surface area contributed by atoms with Crippen LogP contribution in [0, 0.1) is 0 Å². The van der Waals surface area contributed by atoms with Crippen molar-refractivity contribution in [2.45, 2.75) is 4.90 Å². The topological polar surface area (TPSA) is 34.1 Å². The third-order valence-corrected chi connectivity index (χ3v) is 2.43. The minimum absolute atomic E-state index is 0.279. The van der Waals surface area contributed by atoms with Crippen LogP contribution in [0.25, 0.3) is 0 Å². The summed E-state index contributed by atoms with van der Waals surface area (Å²) in [6, 6.07) is 6.57. The van der Waals surface area contributed by atoms with Crippen LogP contribution in [0.1, 0.15) is 0 Å². The van der Waals surface area contributed by atoms with Crippen molar-refractivity contribution < 1.29 is 9.13 Å². The Balaban J connectivity index is 3.28. The molecule has 10 heavy (non-hydrogen) atoms. The predicted octanol–water partition coefficient (Wildman–Crippen LogP) is 1.77. The van der Waals surface area contributed by atoms with Gasteiger partial charge in [-0.25, -0.2) is 9.13 Å². The van der Waals surface area contributed by atoms with Gasteiger partial charge in [0, 0.05) is 4.90 Å². The molecule has 0 aliphatic rings. The molecule has 4 heteroatoms. The summed E-state index contributed by atoms with van der Waals surface area (Å²) < 4.78 is 20.8. The van der Waals surface area contributed by atoms with Crippen molar-refractivity contribution in [3.8, 4) is 0 Å². The van der Waals surface area contributed by atoms with Gasteiger partial charge in [-0.05, 0) is 12.1 Å². The average molecular weight is 172 g/mol. The van der Waals surface area contributed by atoms with Gasteiger partial charge >= 0.3 is 7.68 Å². The first-order valence-corrected chi connectivity index (χ1v) is 4.26. The average Bonchev–Trinajstić information content (AvgIpc) is 1.88. The molecule has 52 valence electrons. The van der Waals surface area contributed by atoms with Gasteiger partial charge in [0.1, 0.15) is 0 Å². The van der Waals surface area contributed by atoms with Gasteiger partial charge in [-0.1, -0.05) is 12.1 Å². The van der Waals surface area contributed by atoms with Crippen LogP contribution in [0.5, 0.6) is 0 Å². The van der Waals surface area contributed by atoms with E-state index in [9.17, 15) is 9.13 Å². The third kappa shape index (κ3) is 1.49. The number of hydrogen-bond acceptors (Lipinski definition) is 3. The van der Waals surface area contributed by atoms with Crippen molar-refractivity contribution in [1.82, 2.24) is 0 Å². The van der Waals surface area contributed by atoms with E-state index in [2.05, 4.69) is 12.6 Å². The van der Waals surface area contributed by atoms with Crippen molar-refractivity contribution in [2.75, 3.05) is 0 Å². The predicted molar refractivity (Wildman–Crippen MR) is 41.6 cm³/mol. The summed E-state index contributed by atoms with van der Waals surface area (Å²) in [6.45, 7) is 0. The summed E-state index contributed by atoms with van der Waals surface area (Å²) in [6.07, 6.45) is 0. The smallest absolute Gasteiger partial charge is 0.232 e. The van der Waals surface area contributed by atoms with Crippen LogP contribution in [0.3, 0.4) is 0 Å². The number of rotatable bonds is 1. The molecule has 2 nitrogen and oxygen atoms in total. The first-order valence-electron chi connectivity index (χ1n) is 2.64. The fourth-order valence-corrected chi connectivity index (χ4v) is 1.49. The molecule has 0 fully saturated rings. The van der Waals surface area contributed by atoms with E-state index in [0.717, 1.165) is 0 Å². The third-order valence-electron chi connectivity index (χ3n) is 1.08. The lowest BCUT2D eigenvalue weighted by Crippen LogP contribution is -1.93. The zero-order valence-electron chi connectivity index (χ0n) is 5.02. The molecule has 0 radical (unpaired) electrons. The Bertz CT molecular complexity index is 298. The molecule has 0 amide bonds. The highest BCUT2D eigenvalue weighted by atomic mass is 32.1. The second kappa shape index (κ2) is 3.04. The minimum Gasteiger partial charge on any atom is -0.232 e. The fraction of sp³-hybridized carbons (Fsp3) is 0. The molecule has 0 unspecified atom stereocenters. The van der Waals surface area contributed by atoms with Crippen LogP contribution in [0.4, 0.5) is 0 Å². The molecule has 0 bridgehead atoms. The standard InChI is InChI=1S/C6H5O2PS/c7-9(8)5-3-1-2-4-6(5)10/h1-4,10H. The lowest BCUT2D eigenvalue weighted by molar-refractivity contribution is 0.522. The molecular formula is C6H5O2PS. The summed E-state index contributed by atoms with van der Waals surface area (Å²) in [5.74, 6) is 0. The Morgan fingerprint density at radius 2 is 1.80 bits per heavy atom. The van der Waals surface area contributed by atoms with Crippen molar-refractivity contribution in [1.29, 1.82) is 0 Å². The highest BCUT2D eigenvalue weighted by molar-refractivity contribution is 7.81. The van der Waals surface area contributed by atoms with E-state index in [0.29, 0.717) is 4.90 Å². The zero-order valence-corrected chi connectivity index (χ0v) is 6.81. The highest BCUT2D eigenvalue weighted by Gasteiger charge is 2.00. The molecule has 0 spiro atoms. The van der Waals surface area contributed by atoms with Gasteiger partial charge in [0.15, 0.2) is 0 Å². The van der Waals surface area contributed by atoms with E-state index in [1.807, 2.05) is 0 Å². The molecule has 1 aromatic carbocycles. The fourth-order valence-electron chi connectivity index (χ4n) is 0.619. The molecule has 0 aliphatic carbocycles. The van der Waals surface area contributed by atoms with Crippen molar-refractivity contribution in [3.05, 3.63) is 24.3 Å². The second-order valence-electron chi connectivity index (χ2n) is 1.75. The van der Waals surface area contributed by atoms with E-state index in [1.165, 1.54) is 6.07 Å². The highest BCUT2D eigenvalue weighted by Crippen LogP contribution is 2.11. The van der Waals surface area contributed by atoms with Gasteiger partial charge in [0.2, 0.25) is 0 Å². The normalized spacial score (nSPS) is 9.30. The second-order valence-corrected chi connectivity index (χ2v) is 3.22. The van der Waals surface area contributed by atoms with Gasteiger partial charge in [0.05, 0.1) is 5.30 Å². The zero-order chi connectivity index (χ0) is 7.56. The molecule has 1 aromatic rings. The molecule has 0 saturated carbocycles. The Morgan fingerprint density at radius 3 is 2.20 bits per heavy atom. The maximum absolute atomic E-state index is 10.4. The maximum atomic E-state index is 10.4. The van der Waals surface area contributed by atoms with Gasteiger partial charge in [-0.15, -0.1) is 12.6 Å². The molecular weight excluding hydrogens is 167 g/mol. The van der Waals surface area contributed by atoms with E-state index >= 15 is 0 Å². The molecule has 1 rings (SSSR count). The first-order chi connectivity index (χ1) is 4.72. The van der Waals surface area contributed by atoms with Crippen molar-refractivity contribution in [2.24, 2.45) is 0 Å². The number of hydrogen-bond donors (Lipinski definition) is 1. The van der Waals surface area contributed by atoms with E-state index < -0.39 is 7.68 Å². The van der Waals surface area contributed by atoms with E-state index in [1.54, 1.807) is 18.2 Å². The van der Waals surface area contributed by atoms with E-state index in [4.69, 9.17) is 0 Å². The van der Waals surface area contributed by atoms with Crippen LogP contribution in [0.2, 0.25) is 0 Å². The summed E-state index contributed by atoms with van der Waals surface area (Å²) >= 11 is 3.95. The SMILES string of the molecule is O=P(=O)c1ccccc1S. The largest absolute Gasteiger partial charge is 0.349 e.